The first-order valence-electron chi connectivity index (χ1n) is 6.35. The molecule has 0 saturated heterocycles. The molecular formula is C14H17BrFNO. The van der Waals surface area contributed by atoms with Crippen LogP contribution in [0.15, 0.2) is 16.6 Å². The predicted molar refractivity (Wildman–Crippen MR) is 73.2 cm³/mol. The highest BCUT2D eigenvalue weighted by Crippen LogP contribution is 2.23. The normalized spacial score (nSPS) is 16.6. The molecule has 1 saturated carbocycles. The molecule has 1 amide bonds. The van der Waals surface area contributed by atoms with Gasteiger partial charge in [0.2, 0.25) is 0 Å². The highest BCUT2D eigenvalue weighted by atomic mass is 79.9. The van der Waals surface area contributed by atoms with Crippen molar-refractivity contribution in [1.29, 1.82) is 0 Å². The SMILES string of the molecule is Cc1c(Br)ccc(F)c1C(=O)NC1CCCCC1. The summed E-state index contributed by atoms with van der Waals surface area (Å²) in [4.78, 5) is 12.1. The van der Waals surface area contributed by atoms with Crippen LogP contribution in [0, 0.1) is 12.7 Å². The van der Waals surface area contributed by atoms with E-state index in [1.807, 2.05) is 0 Å². The smallest absolute Gasteiger partial charge is 0.254 e. The molecule has 1 aromatic rings. The maximum absolute atomic E-state index is 13.8. The predicted octanol–water partition coefficient (Wildman–Crippen LogP) is 3.96. The van der Waals surface area contributed by atoms with Gasteiger partial charge < -0.3 is 5.32 Å². The quantitative estimate of drug-likeness (QED) is 0.879. The van der Waals surface area contributed by atoms with Gasteiger partial charge in [-0.25, -0.2) is 4.39 Å². The molecule has 2 rings (SSSR count). The van der Waals surface area contributed by atoms with Gasteiger partial charge in [-0.3, -0.25) is 4.79 Å². The highest BCUT2D eigenvalue weighted by Gasteiger charge is 2.21. The van der Waals surface area contributed by atoms with Crippen molar-refractivity contribution in [2.45, 2.75) is 45.1 Å². The van der Waals surface area contributed by atoms with Gasteiger partial charge in [0.25, 0.3) is 5.91 Å². The number of hydrogen-bond acceptors (Lipinski definition) is 1. The fourth-order valence-electron chi connectivity index (χ4n) is 2.44. The molecule has 1 N–H and O–H groups in total. The first kappa shape index (κ1) is 13.5. The van der Waals surface area contributed by atoms with E-state index < -0.39 is 5.82 Å². The van der Waals surface area contributed by atoms with Crippen molar-refractivity contribution in [3.05, 3.63) is 33.5 Å². The molecule has 0 bridgehead atoms. The zero-order valence-electron chi connectivity index (χ0n) is 10.4. The molecule has 2 nitrogen and oxygen atoms in total. The third kappa shape index (κ3) is 2.91. The Morgan fingerprint density at radius 1 is 1.33 bits per heavy atom. The monoisotopic (exact) mass is 313 g/mol. The van der Waals surface area contributed by atoms with Gasteiger partial charge in [0.1, 0.15) is 5.82 Å². The molecule has 0 heterocycles. The molecule has 0 spiro atoms. The fraction of sp³-hybridized carbons (Fsp3) is 0.500. The molecule has 1 aliphatic carbocycles. The third-order valence-corrected chi connectivity index (χ3v) is 4.37. The van der Waals surface area contributed by atoms with Gasteiger partial charge in [0, 0.05) is 10.5 Å². The van der Waals surface area contributed by atoms with E-state index in [-0.39, 0.29) is 17.5 Å². The van der Waals surface area contributed by atoms with Gasteiger partial charge in [-0.15, -0.1) is 0 Å². The lowest BCUT2D eigenvalue weighted by Crippen LogP contribution is -2.37. The Morgan fingerprint density at radius 2 is 2.00 bits per heavy atom. The molecule has 0 atom stereocenters. The summed E-state index contributed by atoms with van der Waals surface area (Å²) >= 11 is 3.33. The van der Waals surface area contributed by atoms with Crippen LogP contribution >= 0.6 is 15.9 Å². The number of hydrogen-bond donors (Lipinski definition) is 1. The van der Waals surface area contributed by atoms with Crippen molar-refractivity contribution in [2.75, 3.05) is 0 Å². The Morgan fingerprint density at radius 3 is 2.67 bits per heavy atom. The zero-order valence-corrected chi connectivity index (χ0v) is 12.0. The van der Waals surface area contributed by atoms with Crippen LogP contribution in [-0.4, -0.2) is 11.9 Å². The van der Waals surface area contributed by atoms with Crippen LogP contribution in [0.1, 0.15) is 48.0 Å². The van der Waals surface area contributed by atoms with E-state index >= 15 is 0 Å². The van der Waals surface area contributed by atoms with Gasteiger partial charge in [-0.05, 0) is 37.5 Å². The minimum atomic E-state index is -0.455. The van der Waals surface area contributed by atoms with Crippen LogP contribution in [-0.2, 0) is 0 Å². The molecule has 98 valence electrons. The summed E-state index contributed by atoms with van der Waals surface area (Å²) in [5.41, 5.74) is 0.818. The minimum absolute atomic E-state index is 0.162. The van der Waals surface area contributed by atoms with Gasteiger partial charge in [0.05, 0.1) is 5.56 Å². The lowest BCUT2D eigenvalue weighted by molar-refractivity contribution is 0.0923. The van der Waals surface area contributed by atoms with E-state index in [0.29, 0.717) is 5.56 Å². The van der Waals surface area contributed by atoms with Crippen LogP contribution in [0.2, 0.25) is 0 Å². The largest absolute Gasteiger partial charge is 0.349 e. The second kappa shape index (κ2) is 5.83. The Kier molecular flexibility index (Phi) is 4.38. The van der Waals surface area contributed by atoms with Crippen LogP contribution in [0.3, 0.4) is 0 Å². The van der Waals surface area contributed by atoms with Crippen molar-refractivity contribution in [3.63, 3.8) is 0 Å². The summed E-state index contributed by atoms with van der Waals surface area (Å²) in [5.74, 6) is -0.748. The minimum Gasteiger partial charge on any atom is -0.349 e. The Labute approximate surface area is 115 Å². The van der Waals surface area contributed by atoms with Crippen molar-refractivity contribution in [1.82, 2.24) is 5.32 Å². The summed E-state index contributed by atoms with van der Waals surface area (Å²) in [5, 5.41) is 2.94. The Balaban J connectivity index is 2.15. The molecule has 4 heteroatoms. The lowest BCUT2D eigenvalue weighted by atomic mass is 9.95. The molecule has 1 aromatic carbocycles. The fourth-order valence-corrected chi connectivity index (χ4v) is 2.77. The number of carbonyl (C=O) groups is 1. The van der Waals surface area contributed by atoms with Gasteiger partial charge in [-0.1, -0.05) is 35.2 Å². The van der Waals surface area contributed by atoms with E-state index in [0.717, 1.165) is 30.2 Å². The average molecular weight is 314 g/mol. The Hall–Kier alpha value is -0.900. The van der Waals surface area contributed by atoms with E-state index in [4.69, 9.17) is 0 Å². The average Bonchev–Trinajstić information content (AvgIpc) is 2.36. The first-order valence-corrected chi connectivity index (χ1v) is 7.14. The van der Waals surface area contributed by atoms with Crippen molar-refractivity contribution in [3.8, 4) is 0 Å². The number of amides is 1. The third-order valence-electron chi connectivity index (χ3n) is 3.52. The summed E-state index contributed by atoms with van der Waals surface area (Å²) in [6, 6.07) is 3.15. The van der Waals surface area contributed by atoms with E-state index in [9.17, 15) is 9.18 Å². The standard InChI is InChI=1S/C14H17BrFNO/c1-9-11(15)7-8-12(16)13(9)14(18)17-10-5-3-2-4-6-10/h7-8,10H,2-6H2,1H3,(H,17,18). The Bertz CT molecular complexity index is 455. The van der Waals surface area contributed by atoms with Crippen molar-refractivity contribution in [2.24, 2.45) is 0 Å². The highest BCUT2D eigenvalue weighted by molar-refractivity contribution is 9.10. The van der Waals surface area contributed by atoms with Crippen LogP contribution in [0.4, 0.5) is 4.39 Å². The van der Waals surface area contributed by atoms with E-state index in [1.165, 1.54) is 12.5 Å². The molecule has 0 unspecified atom stereocenters. The molecular weight excluding hydrogens is 297 g/mol. The van der Waals surface area contributed by atoms with Crippen LogP contribution < -0.4 is 5.32 Å². The number of benzene rings is 1. The molecule has 1 fully saturated rings. The topological polar surface area (TPSA) is 29.1 Å². The maximum atomic E-state index is 13.8. The molecule has 1 aliphatic rings. The van der Waals surface area contributed by atoms with Crippen LogP contribution in [0.25, 0.3) is 0 Å². The lowest BCUT2D eigenvalue weighted by Gasteiger charge is -2.23. The number of nitrogens with one attached hydrogen (secondary N) is 1. The summed E-state index contributed by atoms with van der Waals surface area (Å²) in [7, 11) is 0. The molecule has 18 heavy (non-hydrogen) atoms. The second-order valence-corrected chi connectivity index (χ2v) is 5.69. The zero-order chi connectivity index (χ0) is 13.1. The van der Waals surface area contributed by atoms with E-state index in [1.54, 1.807) is 13.0 Å². The molecule has 0 aliphatic heterocycles. The molecule has 0 aromatic heterocycles. The summed E-state index contributed by atoms with van der Waals surface area (Å²) in [6.45, 7) is 1.75. The second-order valence-electron chi connectivity index (χ2n) is 4.84. The first-order chi connectivity index (χ1) is 8.59. The summed E-state index contributed by atoms with van der Waals surface area (Å²) in [6.07, 6.45) is 5.52. The van der Waals surface area contributed by atoms with Gasteiger partial charge in [0.15, 0.2) is 0 Å². The molecule has 0 radical (unpaired) electrons. The van der Waals surface area contributed by atoms with Crippen molar-refractivity contribution >= 4 is 21.8 Å². The summed E-state index contributed by atoms with van der Waals surface area (Å²) < 4.78 is 14.5. The van der Waals surface area contributed by atoms with Gasteiger partial charge >= 0.3 is 0 Å². The number of rotatable bonds is 2. The van der Waals surface area contributed by atoms with Gasteiger partial charge in [-0.2, -0.15) is 0 Å². The van der Waals surface area contributed by atoms with E-state index in [2.05, 4.69) is 21.2 Å². The van der Waals surface area contributed by atoms with Crippen molar-refractivity contribution < 1.29 is 9.18 Å². The number of halogens is 2. The van der Waals surface area contributed by atoms with Crippen LogP contribution in [0.5, 0.6) is 0 Å². The number of carbonyl (C=O) groups excluding carboxylic acids is 1. The maximum Gasteiger partial charge on any atom is 0.254 e.